The lowest BCUT2D eigenvalue weighted by Crippen LogP contribution is -2.37. The molecule has 0 spiro atoms. The molecule has 0 atom stereocenters. The summed E-state index contributed by atoms with van der Waals surface area (Å²) in [5.74, 6) is 0. The van der Waals surface area contributed by atoms with Crippen LogP contribution in [0.15, 0.2) is 0 Å². The molecule has 2 nitrogen and oxygen atoms in total. The van der Waals surface area contributed by atoms with E-state index in [2.05, 4.69) is 11.9 Å². The Hall–Kier alpha value is -0.370. The fourth-order valence-electron chi connectivity index (χ4n) is 2.89. The number of nitrogens with zero attached hydrogens (tertiary/aromatic N) is 1. The van der Waals surface area contributed by atoms with Gasteiger partial charge in [-0.2, -0.15) is 0 Å². The normalized spacial score (nSPS) is 26.3. The van der Waals surface area contributed by atoms with Gasteiger partial charge in [-0.15, -0.1) is 0 Å². The molecule has 2 aliphatic rings. The molecule has 0 N–H and O–H groups in total. The van der Waals surface area contributed by atoms with Crippen LogP contribution >= 0.6 is 0 Å². The Bertz CT molecular complexity index is 215. The summed E-state index contributed by atoms with van der Waals surface area (Å²) in [6.45, 7) is 1.00. The predicted octanol–water partition coefficient (Wildman–Crippen LogP) is 2.62. The molecule has 0 aromatic carbocycles. The van der Waals surface area contributed by atoms with E-state index in [1.54, 1.807) is 0 Å². The van der Waals surface area contributed by atoms with Crippen LogP contribution in [0, 0.1) is 5.41 Å². The maximum Gasteiger partial charge on any atom is 0.127 e. The van der Waals surface area contributed by atoms with Crippen LogP contribution in [0.1, 0.15) is 51.4 Å². The van der Waals surface area contributed by atoms with Crippen molar-refractivity contribution in [1.82, 2.24) is 4.90 Å². The number of carbonyl (C=O) groups excluding carboxylic acids is 1. The molecule has 2 heteroatoms. The van der Waals surface area contributed by atoms with E-state index in [-0.39, 0.29) is 5.41 Å². The standard InChI is InChI=1S/C13H23NO/c1-14(12-6-7-12)10-13(11-15)8-4-2-3-5-9-13/h11-12H,2-10H2,1H3. The van der Waals surface area contributed by atoms with Crippen molar-refractivity contribution >= 4 is 6.29 Å². The zero-order chi connectivity index (χ0) is 10.7. The number of rotatable bonds is 4. The van der Waals surface area contributed by atoms with Gasteiger partial charge >= 0.3 is 0 Å². The van der Waals surface area contributed by atoms with Gasteiger partial charge in [-0.1, -0.05) is 25.7 Å². The Labute approximate surface area is 93.0 Å². The molecule has 2 saturated carbocycles. The fraction of sp³-hybridized carbons (Fsp3) is 0.923. The van der Waals surface area contributed by atoms with Crippen molar-refractivity contribution in [3.05, 3.63) is 0 Å². The smallest absolute Gasteiger partial charge is 0.127 e. The first kappa shape index (κ1) is 11.1. The molecule has 0 amide bonds. The average Bonchev–Trinajstić information content (AvgIpc) is 3.05. The minimum absolute atomic E-state index is 0.00611. The van der Waals surface area contributed by atoms with Crippen LogP contribution in [0.3, 0.4) is 0 Å². The molecule has 2 rings (SSSR count). The molecule has 86 valence electrons. The molecule has 0 aromatic rings. The Morgan fingerprint density at radius 1 is 1.20 bits per heavy atom. The first-order valence-electron chi connectivity index (χ1n) is 6.42. The van der Waals surface area contributed by atoms with E-state index in [9.17, 15) is 4.79 Å². The largest absolute Gasteiger partial charge is 0.303 e. The summed E-state index contributed by atoms with van der Waals surface area (Å²) < 4.78 is 0. The summed E-state index contributed by atoms with van der Waals surface area (Å²) >= 11 is 0. The number of hydrogen-bond donors (Lipinski definition) is 0. The number of carbonyl (C=O) groups is 1. The van der Waals surface area contributed by atoms with Gasteiger partial charge < -0.3 is 9.69 Å². The molecule has 15 heavy (non-hydrogen) atoms. The summed E-state index contributed by atoms with van der Waals surface area (Å²) in [5, 5.41) is 0. The van der Waals surface area contributed by atoms with E-state index in [4.69, 9.17) is 0 Å². The second-order valence-electron chi connectivity index (χ2n) is 5.54. The van der Waals surface area contributed by atoms with E-state index >= 15 is 0 Å². The van der Waals surface area contributed by atoms with Crippen molar-refractivity contribution < 1.29 is 4.79 Å². The highest BCUT2D eigenvalue weighted by Gasteiger charge is 2.36. The second-order valence-corrected chi connectivity index (χ2v) is 5.54. The van der Waals surface area contributed by atoms with Gasteiger partial charge in [0.1, 0.15) is 6.29 Å². The highest BCUT2D eigenvalue weighted by Crippen LogP contribution is 2.36. The maximum atomic E-state index is 11.4. The van der Waals surface area contributed by atoms with E-state index in [1.165, 1.54) is 44.8 Å². The first-order chi connectivity index (χ1) is 7.26. The highest BCUT2D eigenvalue weighted by atomic mass is 16.1. The van der Waals surface area contributed by atoms with Gasteiger partial charge in [-0.3, -0.25) is 0 Å². The lowest BCUT2D eigenvalue weighted by molar-refractivity contribution is -0.118. The van der Waals surface area contributed by atoms with Crippen molar-refractivity contribution in [2.45, 2.75) is 57.4 Å². The SMILES string of the molecule is CN(CC1(C=O)CCCCCC1)C1CC1. The van der Waals surface area contributed by atoms with E-state index < -0.39 is 0 Å². The van der Waals surface area contributed by atoms with Gasteiger partial charge in [0.05, 0.1) is 0 Å². The van der Waals surface area contributed by atoms with E-state index in [1.807, 2.05) is 0 Å². The minimum atomic E-state index is -0.00611. The van der Waals surface area contributed by atoms with Crippen molar-refractivity contribution in [1.29, 1.82) is 0 Å². The number of hydrogen-bond acceptors (Lipinski definition) is 2. The topological polar surface area (TPSA) is 20.3 Å². The molecule has 2 fully saturated rings. The summed E-state index contributed by atoms with van der Waals surface area (Å²) in [5.41, 5.74) is -0.00611. The molecular weight excluding hydrogens is 186 g/mol. The van der Waals surface area contributed by atoms with Crippen LogP contribution < -0.4 is 0 Å². The second kappa shape index (κ2) is 4.65. The predicted molar refractivity (Wildman–Crippen MR) is 61.9 cm³/mol. The molecule has 0 aliphatic heterocycles. The highest BCUT2D eigenvalue weighted by molar-refractivity contribution is 5.59. The van der Waals surface area contributed by atoms with Gasteiger partial charge in [0.25, 0.3) is 0 Å². The van der Waals surface area contributed by atoms with Crippen LogP contribution in [0.4, 0.5) is 0 Å². The molecule has 0 unspecified atom stereocenters. The summed E-state index contributed by atoms with van der Waals surface area (Å²) in [7, 11) is 2.19. The molecule has 0 heterocycles. The minimum Gasteiger partial charge on any atom is -0.303 e. The molecule has 0 radical (unpaired) electrons. The van der Waals surface area contributed by atoms with Crippen LogP contribution in [-0.4, -0.2) is 30.8 Å². The van der Waals surface area contributed by atoms with Gasteiger partial charge in [-0.25, -0.2) is 0 Å². The molecule has 2 aliphatic carbocycles. The third-order valence-corrected chi connectivity index (χ3v) is 4.08. The Morgan fingerprint density at radius 3 is 2.27 bits per heavy atom. The van der Waals surface area contributed by atoms with Crippen LogP contribution in [0.25, 0.3) is 0 Å². The summed E-state index contributed by atoms with van der Waals surface area (Å²) in [6.07, 6.45) is 11.3. The summed E-state index contributed by atoms with van der Waals surface area (Å²) in [4.78, 5) is 13.8. The lowest BCUT2D eigenvalue weighted by Gasteiger charge is -2.31. The summed E-state index contributed by atoms with van der Waals surface area (Å²) in [6, 6.07) is 0.782. The average molecular weight is 209 g/mol. The number of aldehydes is 1. The maximum absolute atomic E-state index is 11.4. The van der Waals surface area contributed by atoms with Gasteiger partial charge in [-0.05, 0) is 32.7 Å². The van der Waals surface area contributed by atoms with Crippen molar-refractivity contribution in [3.63, 3.8) is 0 Å². The first-order valence-corrected chi connectivity index (χ1v) is 6.42. The third-order valence-electron chi connectivity index (χ3n) is 4.08. The quantitative estimate of drug-likeness (QED) is 0.524. The Balaban J connectivity index is 1.95. The third kappa shape index (κ3) is 2.81. The monoisotopic (exact) mass is 209 g/mol. The van der Waals surface area contributed by atoms with Crippen LogP contribution in [0.2, 0.25) is 0 Å². The zero-order valence-corrected chi connectivity index (χ0v) is 9.87. The van der Waals surface area contributed by atoms with E-state index in [0.717, 1.165) is 25.4 Å². The van der Waals surface area contributed by atoms with Gasteiger partial charge in [0.15, 0.2) is 0 Å². The van der Waals surface area contributed by atoms with Gasteiger partial charge in [0.2, 0.25) is 0 Å². The Morgan fingerprint density at radius 2 is 1.80 bits per heavy atom. The van der Waals surface area contributed by atoms with Crippen molar-refractivity contribution in [2.75, 3.05) is 13.6 Å². The van der Waals surface area contributed by atoms with Crippen LogP contribution in [0.5, 0.6) is 0 Å². The zero-order valence-electron chi connectivity index (χ0n) is 9.87. The molecule has 0 saturated heterocycles. The van der Waals surface area contributed by atoms with Crippen molar-refractivity contribution in [2.24, 2.45) is 5.41 Å². The Kier molecular flexibility index (Phi) is 3.45. The molecule has 0 aromatic heterocycles. The van der Waals surface area contributed by atoms with Gasteiger partial charge in [0, 0.05) is 18.0 Å². The fourth-order valence-corrected chi connectivity index (χ4v) is 2.89. The molecular formula is C13H23NO. The van der Waals surface area contributed by atoms with E-state index in [0.29, 0.717) is 0 Å². The lowest BCUT2D eigenvalue weighted by atomic mass is 9.81. The molecule has 0 bridgehead atoms. The van der Waals surface area contributed by atoms with Crippen molar-refractivity contribution in [3.8, 4) is 0 Å². The van der Waals surface area contributed by atoms with Crippen LogP contribution in [-0.2, 0) is 4.79 Å².